The van der Waals surface area contributed by atoms with Crippen molar-refractivity contribution in [3.8, 4) is 11.4 Å². The molecule has 0 radical (unpaired) electrons. The maximum Gasteiger partial charge on any atom is 0.198 e. The second kappa shape index (κ2) is 7.58. The van der Waals surface area contributed by atoms with Crippen molar-refractivity contribution in [3.05, 3.63) is 47.8 Å². The van der Waals surface area contributed by atoms with Crippen molar-refractivity contribution in [2.45, 2.75) is 6.29 Å². The summed E-state index contributed by atoms with van der Waals surface area (Å²) in [4.78, 5) is 19.4. The maximum absolute atomic E-state index is 11.0. The van der Waals surface area contributed by atoms with Gasteiger partial charge in [-0.3, -0.25) is 4.79 Å². The Hall–Kier alpha value is -2.15. The SMILES string of the molecule is COCCOC(O)c1cc(C=O)nc(-c2ccccc2)n1. The quantitative estimate of drug-likeness (QED) is 0.473. The van der Waals surface area contributed by atoms with E-state index >= 15 is 0 Å². The number of aldehydes is 1. The van der Waals surface area contributed by atoms with Crippen LogP contribution in [-0.4, -0.2) is 41.7 Å². The van der Waals surface area contributed by atoms with E-state index in [0.29, 0.717) is 18.7 Å². The summed E-state index contributed by atoms with van der Waals surface area (Å²) in [6, 6.07) is 10.6. The number of aliphatic hydroxyl groups excluding tert-OH is 1. The number of nitrogens with zero attached hydrogens (tertiary/aromatic N) is 2. The molecule has 110 valence electrons. The number of carbonyl (C=O) groups is 1. The number of rotatable bonds is 7. The minimum Gasteiger partial charge on any atom is -0.382 e. The summed E-state index contributed by atoms with van der Waals surface area (Å²) in [6.07, 6.45) is -0.622. The van der Waals surface area contributed by atoms with E-state index in [1.807, 2.05) is 30.3 Å². The fraction of sp³-hybridized carbons (Fsp3) is 0.267. The van der Waals surface area contributed by atoms with Crippen LogP contribution in [0.25, 0.3) is 11.4 Å². The van der Waals surface area contributed by atoms with Crippen LogP contribution in [0.15, 0.2) is 36.4 Å². The normalized spacial score (nSPS) is 12.1. The fourth-order valence-electron chi connectivity index (χ4n) is 1.72. The first-order chi connectivity index (χ1) is 10.2. The summed E-state index contributed by atoms with van der Waals surface area (Å²) in [5, 5.41) is 9.95. The molecule has 1 unspecified atom stereocenters. The van der Waals surface area contributed by atoms with Crippen LogP contribution in [-0.2, 0) is 9.47 Å². The van der Waals surface area contributed by atoms with Gasteiger partial charge in [0.25, 0.3) is 0 Å². The van der Waals surface area contributed by atoms with Crippen LogP contribution < -0.4 is 0 Å². The van der Waals surface area contributed by atoms with Crippen molar-refractivity contribution in [1.29, 1.82) is 0 Å². The van der Waals surface area contributed by atoms with Crippen LogP contribution >= 0.6 is 0 Å². The van der Waals surface area contributed by atoms with Crippen LogP contribution in [0.4, 0.5) is 0 Å². The number of hydrogen-bond acceptors (Lipinski definition) is 6. The Morgan fingerprint density at radius 3 is 2.67 bits per heavy atom. The highest BCUT2D eigenvalue weighted by atomic mass is 16.6. The third-order valence-corrected chi connectivity index (χ3v) is 2.73. The van der Waals surface area contributed by atoms with Crippen molar-refractivity contribution in [2.75, 3.05) is 20.3 Å². The lowest BCUT2D eigenvalue weighted by molar-refractivity contribution is -0.115. The minimum absolute atomic E-state index is 0.188. The van der Waals surface area contributed by atoms with E-state index < -0.39 is 6.29 Å². The largest absolute Gasteiger partial charge is 0.382 e. The second-order valence-electron chi connectivity index (χ2n) is 4.24. The zero-order valence-electron chi connectivity index (χ0n) is 11.6. The molecule has 2 aromatic rings. The summed E-state index contributed by atoms with van der Waals surface area (Å²) in [5.74, 6) is 0.365. The number of methoxy groups -OCH3 is 1. The lowest BCUT2D eigenvalue weighted by Gasteiger charge is -2.12. The molecule has 6 heteroatoms. The highest BCUT2D eigenvalue weighted by Crippen LogP contribution is 2.19. The van der Waals surface area contributed by atoms with E-state index in [1.165, 1.54) is 6.07 Å². The standard InChI is InChI=1S/C15H16N2O4/c1-20-7-8-21-15(19)13-9-12(10-18)16-14(17-13)11-5-3-2-4-6-11/h2-6,9-10,15,19H,7-8H2,1H3. The third-order valence-electron chi connectivity index (χ3n) is 2.73. The number of ether oxygens (including phenoxy) is 2. The first kappa shape index (κ1) is 15.2. The van der Waals surface area contributed by atoms with Crippen molar-refractivity contribution < 1.29 is 19.4 Å². The van der Waals surface area contributed by atoms with E-state index in [0.717, 1.165) is 5.56 Å². The summed E-state index contributed by atoms with van der Waals surface area (Å²) in [6.45, 7) is 0.576. The molecule has 0 spiro atoms. The molecule has 1 atom stereocenters. The highest BCUT2D eigenvalue weighted by Gasteiger charge is 2.14. The predicted octanol–water partition coefficient (Wildman–Crippen LogP) is 1.61. The summed E-state index contributed by atoms with van der Waals surface area (Å²) >= 11 is 0. The van der Waals surface area contributed by atoms with Gasteiger partial charge in [0.05, 0.1) is 13.2 Å². The lowest BCUT2D eigenvalue weighted by Crippen LogP contribution is -2.11. The number of aliphatic hydroxyl groups is 1. The van der Waals surface area contributed by atoms with Crippen LogP contribution in [0.5, 0.6) is 0 Å². The molecule has 1 aromatic heterocycles. The van der Waals surface area contributed by atoms with Crippen molar-refractivity contribution in [2.24, 2.45) is 0 Å². The lowest BCUT2D eigenvalue weighted by atomic mass is 10.2. The smallest absolute Gasteiger partial charge is 0.198 e. The van der Waals surface area contributed by atoms with Gasteiger partial charge in [0.2, 0.25) is 0 Å². The second-order valence-corrected chi connectivity index (χ2v) is 4.24. The molecule has 0 aliphatic rings. The molecule has 0 aliphatic carbocycles. The Morgan fingerprint density at radius 1 is 1.24 bits per heavy atom. The molecule has 6 nitrogen and oxygen atoms in total. The Labute approximate surface area is 122 Å². The minimum atomic E-state index is -1.23. The Bertz CT molecular complexity index is 589. The van der Waals surface area contributed by atoms with Gasteiger partial charge in [-0.1, -0.05) is 30.3 Å². The van der Waals surface area contributed by atoms with Gasteiger partial charge in [0, 0.05) is 12.7 Å². The average Bonchev–Trinajstić information content (AvgIpc) is 2.55. The zero-order chi connectivity index (χ0) is 15.1. The van der Waals surface area contributed by atoms with Gasteiger partial charge in [-0.15, -0.1) is 0 Å². The van der Waals surface area contributed by atoms with Crippen molar-refractivity contribution in [1.82, 2.24) is 9.97 Å². The molecule has 0 saturated carbocycles. The van der Waals surface area contributed by atoms with E-state index in [1.54, 1.807) is 7.11 Å². The molecule has 1 heterocycles. The van der Waals surface area contributed by atoms with E-state index in [2.05, 4.69) is 9.97 Å². The Balaban J connectivity index is 2.27. The number of carbonyl (C=O) groups excluding carboxylic acids is 1. The van der Waals surface area contributed by atoms with Crippen LogP contribution in [0, 0.1) is 0 Å². The molecular weight excluding hydrogens is 272 g/mol. The number of benzene rings is 1. The molecule has 0 aliphatic heterocycles. The first-order valence-electron chi connectivity index (χ1n) is 6.43. The van der Waals surface area contributed by atoms with Gasteiger partial charge in [-0.05, 0) is 6.07 Å². The Morgan fingerprint density at radius 2 is 2.00 bits per heavy atom. The fourth-order valence-corrected chi connectivity index (χ4v) is 1.72. The van der Waals surface area contributed by atoms with Crippen LogP contribution in [0.2, 0.25) is 0 Å². The van der Waals surface area contributed by atoms with Crippen molar-refractivity contribution in [3.63, 3.8) is 0 Å². The summed E-state index contributed by atoms with van der Waals surface area (Å²) < 4.78 is 10.0. The van der Waals surface area contributed by atoms with Gasteiger partial charge in [0.15, 0.2) is 18.4 Å². The molecule has 1 aromatic carbocycles. The molecule has 2 rings (SSSR count). The molecule has 0 saturated heterocycles. The molecular formula is C15H16N2O4. The van der Waals surface area contributed by atoms with Gasteiger partial charge in [-0.25, -0.2) is 9.97 Å². The molecule has 0 bridgehead atoms. The molecule has 0 amide bonds. The van der Waals surface area contributed by atoms with E-state index in [4.69, 9.17) is 9.47 Å². The average molecular weight is 288 g/mol. The third kappa shape index (κ3) is 4.16. The van der Waals surface area contributed by atoms with Crippen LogP contribution in [0.3, 0.4) is 0 Å². The predicted molar refractivity (Wildman–Crippen MR) is 75.6 cm³/mol. The highest BCUT2D eigenvalue weighted by molar-refractivity contribution is 5.73. The van der Waals surface area contributed by atoms with E-state index in [9.17, 15) is 9.90 Å². The monoisotopic (exact) mass is 288 g/mol. The summed E-state index contributed by atoms with van der Waals surface area (Å²) in [5.41, 5.74) is 1.18. The Kier molecular flexibility index (Phi) is 5.51. The van der Waals surface area contributed by atoms with Gasteiger partial charge < -0.3 is 14.6 Å². The number of hydrogen-bond donors (Lipinski definition) is 1. The molecule has 0 fully saturated rings. The zero-order valence-corrected chi connectivity index (χ0v) is 11.6. The van der Waals surface area contributed by atoms with Gasteiger partial charge in [-0.2, -0.15) is 0 Å². The van der Waals surface area contributed by atoms with E-state index in [-0.39, 0.29) is 18.0 Å². The maximum atomic E-state index is 11.0. The van der Waals surface area contributed by atoms with Gasteiger partial charge >= 0.3 is 0 Å². The summed E-state index contributed by atoms with van der Waals surface area (Å²) in [7, 11) is 1.54. The number of aromatic nitrogens is 2. The van der Waals surface area contributed by atoms with Crippen molar-refractivity contribution >= 4 is 6.29 Å². The molecule has 21 heavy (non-hydrogen) atoms. The van der Waals surface area contributed by atoms with Crippen LogP contribution in [0.1, 0.15) is 22.5 Å². The first-order valence-corrected chi connectivity index (χ1v) is 6.43. The van der Waals surface area contributed by atoms with Gasteiger partial charge in [0.1, 0.15) is 11.4 Å². The molecule has 1 N–H and O–H groups in total. The topological polar surface area (TPSA) is 81.5 Å².